The molecule has 3 heteroatoms. The second-order valence-corrected chi connectivity index (χ2v) is 2.92. The average molecular weight is 149 g/mol. The zero-order valence-electron chi connectivity index (χ0n) is 5.47. The highest BCUT2D eigenvalue weighted by Gasteiger charge is 1.95. The van der Waals surface area contributed by atoms with Gasteiger partial charge in [0, 0.05) is 13.6 Å². The molecular formula is C5H11NS2. The minimum Gasteiger partial charge on any atom is -0.361 e. The molecule has 0 spiro atoms. The van der Waals surface area contributed by atoms with Crippen molar-refractivity contribution in [3.05, 3.63) is 0 Å². The first-order valence-corrected chi connectivity index (χ1v) is 4.14. The van der Waals surface area contributed by atoms with Gasteiger partial charge in [-0.3, -0.25) is 0 Å². The third-order valence-corrected chi connectivity index (χ3v) is 2.43. The van der Waals surface area contributed by atoms with Gasteiger partial charge in [0.1, 0.15) is 4.32 Å². The van der Waals surface area contributed by atoms with Gasteiger partial charge in [0.05, 0.1) is 0 Å². The number of hydrogen-bond donors (Lipinski definition) is 0. The lowest BCUT2D eigenvalue weighted by Gasteiger charge is -2.14. The molecule has 0 rings (SSSR count). The van der Waals surface area contributed by atoms with E-state index in [1.165, 1.54) is 0 Å². The van der Waals surface area contributed by atoms with Crippen molar-refractivity contribution in [1.82, 2.24) is 4.90 Å². The van der Waals surface area contributed by atoms with E-state index in [9.17, 15) is 0 Å². The Hall–Kier alpha value is 0.240. The van der Waals surface area contributed by atoms with Gasteiger partial charge < -0.3 is 4.90 Å². The fourth-order valence-electron chi connectivity index (χ4n) is 0.285. The lowest BCUT2D eigenvalue weighted by Crippen LogP contribution is -2.20. The molecule has 0 aromatic heterocycles. The van der Waals surface area contributed by atoms with Crippen LogP contribution in [-0.4, -0.2) is 29.1 Å². The van der Waals surface area contributed by atoms with E-state index in [1.807, 2.05) is 18.2 Å². The smallest absolute Gasteiger partial charge is 0.135 e. The minimum atomic E-state index is 0.965. The van der Waals surface area contributed by atoms with E-state index in [-0.39, 0.29) is 0 Å². The molecule has 0 atom stereocenters. The Kier molecular flexibility index (Phi) is 4.28. The van der Waals surface area contributed by atoms with Gasteiger partial charge in [-0.2, -0.15) is 0 Å². The number of nitrogens with zero attached hydrogens (tertiary/aromatic N) is 1. The van der Waals surface area contributed by atoms with Crippen LogP contribution in [-0.2, 0) is 0 Å². The molecule has 0 bridgehead atoms. The Morgan fingerprint density at radius 3 is 2.38 bits per heavy atom. The number of hydrogen-bond acceptors (Lipinski definition) is 2. The molecule has 0 aliphatic carbocycles. The van der Waals surface area contributed by atoms with Crippen molar-refractivity contribution in [3.8, 4) is 0 Å². The fourth-order valence-corrected chi connectivity index (χ4v) is 0.855. The molecule has 0 amide bonds. The molecular weight excluding hydrogens is 138 g/mol. The summed E-state index contributed by atoms with van der Waals surface area (Å²) in [6, 6.07) is 0. The van der Waals surface area contributed by atoms with Crippen LogP contribution >= 0.6 is 24.0 Å². The van der Waals surface area contributed by atoms with Gasteiger partial charge in [-0.05, 0) is 13.2 Å². The van der Waals surface area contributed by atoms with Crippen molar-refractivity contribution >= 4 is 28.3 Å². The van der Waals surface area contributed by atoms with Crippen molar-refractivity contribution in [2.45, 2.75) is 6.92 Å². The van der Waals surface area contributed by atoms with Gasteiger partial charge in [-0.25, -0.2) is 0 Å². The van der Waals surface area contributed by atoms with Crippen LogP contribution in [0.3, 0.4) is 0 Å². The second kappa shape index (κ2) is 4.15. The lowest BCUT2D eigenvalue weighted by atomic mass is 10.7. The Bertz CT molecular complexity index is 82.5. The first kappa shape index (κ1) is 8.24. The van der Waals surface area contributed by atoms with Crippen LogP contribution in [0.1, 0.15) is 6.92 Å². The monoisotopic (exact) mass is 149 g/mol. The van der Waals surface area contributed by atoms with Crippen LogP contribution in [0.4, 0.5) is 0 Å². The zero-order chi connectivity index (χ0) is 6.57. The molecule has 1 nitrogen and oxygen atoms in total. The summed E-state index contributed by atoms with van der Waals surface area (Å²) in [6.45, 7) is 3.09. The Labute approximate surface area is 60.4 Å². The highest BCUT2D eigenvalue weighted by atomic mass is 32.2. The summed E-state index contributed by atoms with van der Waals surface area (Å²) in [6.07, 6.45) is 1.99. The zero-order valence-corrected chi connectivity index (χ0v) is 7.10. The quantitative estimate of drug-likeness (QED) is 0.521. The molecule has 0 radical (unpaired) electrons. The molecule has 0 aliphatic rings. The largest absolute Gasteiger partial charge is 0.361 e. The molecule has 0 saturated carbocycles. The predicted molar refractivity (Wildman–Crippen MR) is 44.4 cm³/mol. The van der Waals surface area contributed by atoms with Gasteiger partial charge in [-0.1, -0.05) is 12.2 Å². The Morgan fingerprint density at radius 1 is 1.75 bits per heavy atom. The first-order chi connectivity index (χ1) is 3.72. The lowest BCUT2D eigenvalue weighted by molar-refractivity contribution is 0.555. The minimum absolute atomic E-state index is 0.965. The fraction of sp³-hybridized carbons (Fsp3) is 0.800. The summed E-state index contributed by atoms with van der Waals surface area (Å²) < 4.78 is 0.965. The maximum absolute atomic E-state index is 4.97. The summed E-state index contributed by atoms with van der Waals surface area (Å²) in [5.74, 6) is 0. The Morgan fingerprint density at radius 2 is 2.25 bits per heavy atom. The van der Waals surface area contributed by atoms with E-state index in [0.29, 0.717) is 0 Å². The number of rotatable bonds is 1. The highest BCUT2D eigenvalue weighted by molar-refractivity contribution is 8.22. The molecule has 0 aromatic carbocycles. The molecule has 0 fully saturated rings. The van der Waals surface area contributed by atoms with Crippen LogP contribution in [0.2, 0.25) is 0 Å². The predicted octanol–water partition coefficient (Wildman–Crippen LogP) is 1.59. The highest BCUT2D eigenvalue weighted by Crippen LogP contribution is 2.00. The van der Waals surface area contributed by atoms with Crippen LogP contribution in [0, 0.1) is 0 Å². The summed E-state index contributed by atoms with van der Waals surface area (Å²) >= 11 is 6.58. The molecule has 0 unspecified atom stereocenters. The second-order valence-electron chi connectivity index (χ2n) is 1.48. The van der Waals surface area contributed by atoms with E-state index in [2.05, 4.69) is 6.92 Å². The Balaban J connectivity index is 3.46. The first-order valence-electron chi connectivity index (χ1n) is 2.51. The molecule has 0 aromatic rings. The van der Waals surface area contributed by atoms with E-state index in [4.69, 9.17) is 12.2 Å². The van der Waals surface area contributed by atoms with Crippen LogP contribution in [0.15, 0.2) is 0 Å². The molecule has 0 aliphatic heterocycles. The van der Waals surface area contributed by atoms with E-state index < -0.39 is 0 Å². The summed E-state index contributed by atoms with van der Waals surface area (Å²) in [5, 5.41) is 0. The molecule has 0 heterocycles. The van der Waals surface area contributed by atoms with Crippen molar-refractivity contribution in [2.24, 2.45) is 0 Å². The van der Waals surface area contributed by atoms with E-state index >= 15 is 0 Å². The molecule has 8 heavy (non-hydrogen) atoms. The van der Waals surface area contributed by atoms with Crippen molar-refractivity contribution in [1.29, 1.82) is 0 Å². The number of thiocarbonyl (C=S) groups is 1. The van der Waals surface area contributed by atoms with Gasteiger partial charge in [0.25, 0.3) is 0 Å². The maximum Gasteiger partial charge on any atom is 0.135 e. The van der Waals surface area contributed by atoms with Gasteiger partial charge in [0.2, 0.25) is 0 Å². The van der Waals surface area contributed by atoms with Crippen molar-refractivity contribution in [3.63, 3.8) is 0 Å². The van der Waals surface area contributed by atoms with E-state index in [0.717, 1.165) is 10.9 Å². The standard InChI is InChI=1S/C5H11NS2/c1-4-6(2)5(7)8-3/h4H2,1-3H3. The maximum atomic E-state index is 4.97. The summed E-state index contributed by atoms with van der Waals surface area (Å²) in [4.78, 5) is 2.04. The third-order valence-electron chi connectivity index (χ3n) is 0.961. The normalized spacial score (nSPS) is 8.88. The van der Waals surface area contributed by atoms with Crippen molar-refractivity contribution < 1.29 is 0 Å². The van der Waals surface area contributed by atoms with Crippen LogP contribution in [0.5, 0.6) is 0 Å². The van der Waals surface area contributed by atoms with Crippen molar-refractivity contribution in [2.75, 3.05) is 19.8 Å². The van der Waals surface area contributed by atoms with Gasteiger partial charge in [0.15, 0.2) is 0 Å². The third kappa shape index (κ3) is 2.52. The average Bonchev–Trinajstić information content (AvgIpc) is 1.84. The summed E-state index contributed by atoms with van der Waals surface area (Å²) in [5.41, 5.74) is 0. The molecule has 0 saturated heterocycles. The summed E-state index contributed by atoms with van der Waals surface area (Å²) in [7, 11) is 2.00. The SMILES string of the molecule is CCN(C)C(=S)SC. The van der Waals surface area contributed by atoms with Gasteiger partial charge >= 0.3 is 0 Å². The molecule has 0 N–H and O–H groups in total. The van der Waals surface area contributed by atoms with E-state index in [1.54, 1.807) is 11.8 Å². The topological polar surface area (TPSA) is 3.24 Å². The van der Waals surface area contributed by atoms with Crippen LogP contribution in [0.25, 0.3) is 0 Å². The van der Waals surface area contributed by atoms with Crippen LogP contribution < -0.4 is 0 Å². The number of thioether (sulfide) groups is 1. The van der Waals surface area contributed by atoms with Gasteiger partial charge in [-0.15, -0.1) is 11.8 Å². The molecule has 48 valence electrons.